The molecule has 1 spiro atoms. The molecular weight excluding hydrogens is 541 g/mol. The predicted octanol–water partition coefficient (Wildman–Crippen LogP) is 4.76. The number of ketones is 1. The molecule has 2 aliphatic heterocycles. The van der Waals surface area contributed by atoms with Crippen LogP contribution in [0.25, 0.3) is 0 Å². The Morgan fingerprint density at radius 1 is 1.13 bits per heavy atom. The molecule has 2 aromatic heterocycles. The van der Waals surface area contributed by atoms with Crippen molar-refractivity contribution in [3.8, 4) is 11.6 Å². The molecule has 1 N–H and O–H groups in total. The zero-order valence-electron chi connectivity index (χ0n) is 22.1. The molecule has 9 nitrogen and oxygen atoms in total. The van der Waals surface area contributed by atoms with Gasteiger partial charge >= 0.3 is 0 Å². The molecule has 1 aromatic carbocycles. The van der Waals surface area contributed by atoms with Crippen molar-refractivity contribution in [2.45, 2.75) is 31.8 Å². The first kappa shape index (κ1) is 27.6. The van der Waals surface area contributed by atoms with Gasteiger partial charge in [-0.1, -0.05) is 35.3 Å². The first-order chi connectivity index (χ1) is 18.8. The van der Waals surface area contributed by atoms with E-state index in [4.69, 9.17) is 37.4 Å². The molecule has 206 valence electrons. The van der Waals surface area contributed by atoms with Crippen molar-refractivity contribution in [2.24, 2.45) is 5.41 Å². The number of halogens is 2. The van der Waals surface area contributed by atoms with Gasteiger partial charge in [0.1, 0.15) is 22.3 Å². The van der Waals surface area contributed by atoms with Crippen LogP contribution in [0, 0.1) is 5.41 Å². The number of carbonyl (C=O) groups is 1. The van der Waals surface area contributed by atoms with Gasteiger partial charge in [-0.3, -0.25) is 4.79 Å². The molecule has 2 atom stereocenters. The molecule has 11 heteroatoms. The zero-order chi connectivity index (χ0) is 27.6. The number of aromatic nitrogens is 3. The number of hydrogen-bond acceptors (Lipinski definition) is 9. The molecule has 5 rings (SSSR count). The quantitative estimate of drug-likeness (QED) is 0.383. The Morgan fingerprint density at radius 2 is 1.87 bits per heavy atom. The van der Waals surface area contributed by atoms with E-state index in [9.17, 15) is 4.79 Å². The van der Waals surface area contributed by atoms with Crippen molar-refractivity contribution in [3.05, 3.63) is 69.7 Å². The van der Waals surface area contributed by atoms with E-state index in [1.807, 2.05) is 12.1 Å². The molecular formula is C28H31Cl2N5O4. The minimum absolute atomic E-state index is 0.0293. The van der Waals surface area contributed by atoms with Gasteiger partial charge in [-0.05, 0) is 43.5 Å². The van der Waals surface area contributed by atoms with Gasteiger partial charge in [-0.2, -0.15) is 0 Å². The van der Waals surface area contributed by atoms with E-state index in [2.05, 4.69) is 44.2 Å². The monoisotopic (exact) mass is 571 g/mol. The van der Waals surface area contributed by atoms with Crippen molar-refractivity contribution in [3.63, 3.8) is 0 Å². The van der Waals surface area contributed by atoms with E-state index in [0.717, 1.165) is 38.3 Å². The van der Waals surface area contributed by atoms with Gasteiger partial charge in [0, 0.05) is 42.3 Å². The first-order valence-electron chi connectivity index (χ1n) is 12.8. The number of anilines is 1. The third-order valence-electron chi connectivity index (χ3n) is 7.79. The van der Waals surface area contributed by atoms with Crippen LogP contribution in [0.2, 0.25) is 10.2 Å². The fourth-order valence-electron chi connectivity index (χ4n) is 5.38. The fourth-order valence-corrected chi connectivity index (χ4v) is 5.88. The lowest BCUT2D eigenvalue weighted by Gasteiger charge is -2.43. The number of benzene rings is 1. The molecule has 2 saturated heterocycles. The Kier molecular flexibility index (Phi) is 8.23. The topological polar surface area (TPSA) is 98.7 Å². The number of nitrogens with one attached hydrogen (secondary N) is 1. The lowest BCUT2D eigenvalue weighted by molar-refractivity contribution is 0.103. The Morgan fingerprint density at radius 3 is 2.54 bits per heavy atom. The third kappa shape index (κ3) is 5.54. The minimum Gasteiger partial charge on any atom is -0.497 e. The van der Waals surface area contributed by atoms with E-state index in [1.165, 1.54) is 24.9 Å². The van der Waals surface area contributed by atoms with Gasteiger partial charge < -0.3 is 24.4 Å². The lowest BCUT2D eigenvalue weighted by Crippen LogP contribution is -2.51. The van der Waals surface area contributed by atoms with Crippen LogP contribution < -0.4 is 19.7 Å². The minimum atomic E-state index is -0.439. The molecule has 2 aliphatic rings. The summed E-state index contributed by atoms with van der Waals surface area (Å²) < 4.78 is 16.4. The molecule has 0 radical (unpaired) electrons. The summed E-state index contributed by atoms with van der Waals surface area (Å²) in [5.74, 6) is 1.21. The molecule has 4 heterocycles. The van der Waals surface area contributed by atoms with Gasteiger partial charge in [-0.15, -0.1) is 0 Å². The van der Waals surface area contributed by atoms with Crippen LogP contribution in [0.5, 0.6) is 11.6 Å². The Balaban J connectivity index is 1.25. The van der Waals surface area contributed by atoms with E-state index in [-0.39, 0.29) is 44.8 Å². The van der Waals surface area contributed by atoms with E-state index in [0.29, 0.717) is 12.4 Å². The van der Waals surface area contributed by atoms with Crippen LogP contribution >= 0.6 is 23.2 Å². The van der Waals surface area contributed by atoms with Crippen molar-refractivity contribution in [1.82, 2.24) is 20.3 Å². The molecule has 39 heavy (non-hydrogen) atoms. The van der Waals surface area contributed by atoms with Crippen molar-refractivity contribution < 1.29 is 19.0 Å². The third-order valence-corrected chi connectivity index (χ3v) is 8.42. The van der Waals surface area contributed by atoms with Gasteiger partial charge in [-0.25, -0.2) is 15.0 Å². The molecule has 1 unspecified atom stereocenters. The number of ether oxygens (including phenoxy) is 3. The van der Waals surface area contributed by atoms with Gasteiger partial charge in [0.15, 0.2) is 5.15 Å². The number of piperidine rings is 1. The highest BCUT2D eigenvalue weighted by Gasteiger charge is 2.46. The van der Waals surface area contributed by atoms with Crippen molar-refractivity contribution in [1.29, 1.82) is 0 Å². The smallest absolute Gasteiger partial charge is 0.233 e. The summed E-state index contributed by atoms with van der Waals surface area (Å²) in [6, 6.07) is 10.1. The summed E-state index contributed by atoms with van der Waals surface area (Å²) in [6.07, 6.45) is 4.92. The van der Waals surface area contributed by atoms with Crippen LogP contribution in [-0.2, 0) is 4.74 Å². The number of carbonyl (C=O) groups excluding carboxylic acids is 1. The number of hydrogen-bond donors (Lipinski definition) is 1. The number of rotatable bonds is 8. The van der Waals surface area contributed by atoms with Crippen LogP contribution in [0.1, 0.15) is 47.4 Å². The van der Waals surface area contributed by atoms with Crippen molar-refractivity contribution in [2.75, 3.05) is 45.4 Å². The molecule has 0 bridgehead atoms. The van der Waals surface area contributed by atoms with Gasteiger partial charge in [0.25, 0.3) is 0 Å². The van der Waals surface area contributed by atoms with Crippen molar-refractivity contribution >= 4 is 34.8 Å². The van der Waals surface area contributed by atoms with Crippen LogP contribution in [0.15, 0.2) is 42.7 Å². The molecule has 0 saturated carbocycles. The van der Waals surface area contributed by atoms with Gasteiger partial charge in [0.2, 0.25) is 11.7 Å². The second-order valence-corrected chi connectivity index (χ2v) is 10.7. The second-order valence-electron chi connectivity index (χ2n) is 9.96. The molecule has 0 aliphatic carbocycles. The summed E-state index contributed by atoms with van der Waals surface area (Å²) in [5, 5.41) is 3.95. The van der Waals surface area contributed by atoms with Crippen LogP contribution in [0.3, 0.4) is 0 Å². The van der Waals surface area contributed by atoms with Gasteiger partial charge in [0.05, 0.1) is 33.6 Å². The van der Waals surface area contributed by atoms with E-state index < -0.39 is 5.78 Å². The van der Waals surface area contributed by atoms with Crippen LogP contribution in [0.4, 0.5) is 5.82 Å². The summed E-state index contributed by atoms with van der Waals surface area (Å²) in [6.45, 7) is 5.15. The molecule has 3 aromatic rings. The number of pyridine rings is 1. The summed E-state index contributed by atoms with van der Waals surface area (Å²) >= 11 is 12.7. The number of nitrogens with zero attached hydrogens (tertiary/aromatic N) is 4. The summed E-state index contributed by atoms with van der Waals surface area (Å²) in [7, 11) is 3.11. The highest BCUT2D eigenvalue weighted by atomic mass is 35.5. The predicted molar refractivity (Wildman–Crippen MR) is 149 cm³/mol. The maximum Gasteiger partial charge on any atom is 0.233 e. The maximum atomic E-state index is 13.1. The average Bonchev–Trinajstić information content (AvgIpc) is 3.34. The lowest BCUT2D eigenvalue weighted by atomic mass is 9.74. The average molecular weight is 572 g/mol. The Labute approximate surface area is 237 Å². The Hall–Kier alpha value is -2.98. The SMILES string of the molecule is COc1ccc(C(C)N[C@@H]2COCC23CCN(c2cnc(C(=O)c4ccnc(OC)c4Cl)c(Cl)n2)CC3)cc1. The second kappa shape index (κ2) is 11.6. The molecule has 0 amide bonds. The highest BCUT2D eigenvalue weighted by Crippen LogP contribution is 2.41. The summed E-state index contributed by atoms with van der Waals surface area (Å²) in [4.78, 5) is 28.1. The Bertz CT molecular complexity index is 1330. The van der Waals surface area contributed by atoms with E-state index >= 15 is 0 Å². The number of methoxy groups -OCH3 is 2. The van der Waals surface area contributed by atoms with Crippen LogP contribution in [-0.4, -0.2) is 67.3 Å². The van der Waals surface area contributed by atoms with E-state index in [1.54, 1.807) is 13.3 Å². The standard InChI is InChI=1S/C28H31Cl2N5O4/c1-17(18-4-6-19(37-2)7-5-18)33-21-15-39-16-28(21)9-12-35(13-10-28)22-14-32-24(26(30)34-22)25(36)20-8-11-31-27(38-3)23(20)29/h4-8,11,14,17,21,33H,9-10,12-13,15-16H2,1-3H3/t17?,21-/m1/s1. The fraction of sp³-hybridized carbons (Fsp3) is 0.429. The normalized spacial score (nSPS) is 19.2. The summed E-state index contributed by atoms with van der Waals surface area (Å²) in [5.41, 5.74) is 1.49. The first-order valence-corrected chi connectivity index (χ1v) is 13.6. The molecule has 2 fully saturated rings. The highest BCUT2D eigenvalue weighted by molar-refractivity contribution is 6.38. The largest absolute Gasteiger partial charge is 0.497 e. The zero-order valence-corrected chi connectivity index (χ0v) is 23.6. The maximum absolute atomic E-state index is 13.1.